The van der Waals surface area contributed by atoms with Crippen molar-refractivity contribution in [2.45, 2.75) is 45.1 Å². The number of ether oxygens (including phenoxy) is 1. The quantitative estimate of drug-likeness (QED) is 0.550. The fraction of sp³-hybridized carbons (Fsp3) is 0.526. The van der Waals surface area contributed by atoms with Gasteiger partial charge in [-0.05, 0) is 37.0 Å². The van der Waals surface area contributed by atoms with Crippen molar-refractivity contribution in [1.29, 1.82) is 0 Å². The molecule has 0 aliphatic carbocycles. The molecular formula is C19H26N2O4. The Morgan fingerprint density at radius 1 is 1.24 bits per heavy atom. The smallest absolute Gasteiger partial charge is 0.305 e. The SMILES string of the molecule is COC(=O)CCCCCNC(=O)c1cccc(CN2CCCC2=O)c1. The Labute approximate surface area is 148 Å². The fourth-order valence-corrected chi connectivity index (χ4v) is 2.88. The standard InChI is InChI=1S/C19H26N2O4/c1-25-18(23)10-3-2-4-11-20-19(24)16-8-5-7-15(13-16)14-21-12-6-9-17(21)22/h5,7-8,13H,2-4,6,9-12,14H2,1H3,(H,20,24). The lowest BCUT2D eigenvalue weighted by atomic mass is 10.1. The summed E-state index contributed by atoms with van der Waals surface area (Å²) in [6.07, 6.45) is 4.41. The number of carbonyl (C=O) groups is 3. The number of rotatable bonds is 9. The summed E-state index contributed by atoms with van der Waals surface area (Å²) in [4.78, 5) is 36.8. The summed E-state index contributed by atoms with van der Waals surface area (Å²) in [5.74, 6) is -0.123. The van der Waals surface area contributed by atoms with Gasteiger partial charge in [-0.3, -0.25) is 14.4 Å². The average Bonchev–Trinajstić information content (AvgIpc) is 3.02. The van der Waals surface area contributed by atoms with Crippen molar-refractivity contribution in [1.82, 2.24) is 10.2 Å². The van der Waals surface area contributed by atoms with Gasteiger partial charge in [0.2, 0.25) is 5.91 Å². The highest BCUT2D eigenvalue weighted by atomic mass is 16.5. The van der Waals surface area contributed by atoms with Crippen molar-refractivity contribution in [3.05, 3.63) is 35.4 Å². The number of hydrogen-bond acceptors (Lipinski definition) is 4. The van der Waals surface area contributed by atoms with Crippen molar-refractivity contribution >= 4 is 17.8 Å². The molecule has 1 fully saturated rings. The topological polar surface area (TPSA) is 75.7 Å². The van der Waals surface area contributed by atoms with Crippen molar-refractivity contribution in [2.75, 3.05) is 20.2 Å². The molecule has 2 rings (SSSR count). The number of carbonyl (C=O) groups excluding carboxylic acids is 3. The van der Waals surface area contributed by atoms with Crippen LogP contribution in [0.3, 0.4) is 0 Å². The number of benzene rings is 1. The number of unbranched alkanes of at least 4 members (excludes halogenated alkanes) is 2. The first-order valence-corrected chi connectivity index (χ1v) is 8.82. The van der Waals surface area contributed by atoms with Gasteiger partial charge in [0, 0.05) is 38.0 Å². The number of methoxy groups -OCH3 is 1. The minimum atomic E-state index is -0.197. The molecule has 0 spiro atoms. The summed E-state index contributed by atoms with van der Waals surface area (Å²) >= 11 is 0. The van der Waals surface area contributed by atoms with E-state index in [2.05, 4.69) is 10.1 Å². The third-order valence-corrected chi connectivity index (χ3v) is 4.30. The van der Waals surface area contributed by atoms with Crippen LogP contribution in [0.1, 0.15) is 54.4 Å². The molecule has 1 heterocycles. The van der Waals surface area contributed by atoms with Crippen LogP contribution < -0.4 is 5.32 Å². The van der Waals surface area contributed by atoms with E-state index in [-0.39, 0.29) is 17.8 Å². The molecule has 0 unspecified atom stereocenters. The van der Waals surface area contributed by atoms with Crippen LogP contribution in [0.2, 0.25) is 0 Å². The summed E-state index contributed by atoms with van der Waals surface area (Å²) in [5.41, 5.74) is 1.58. The Hall–Kier alpha value is -2.37. The van der Waals surface area contributed by atoms with E-state index in [0.717, 1.165) is 37.8 Å². The van der Waals surface area contributed by atoms with Crippen LogP contribution in [0.15, 0.2) is 24.3 Å². The number of esters is 1. The largest absolute Gasteiger partial charge is 0.469 e. The second-order valence-electron chi connectivity index (χ2n) is 6.26. The molecule has 0 aromatic heterocycles. The van der Waals surface area contributed by atoms with E-state index < -0.39 is 0 Å². The van der Waals surface area contributed by atoms with Crippen LogP contribution >= 0.6 is 0 Å². The molecule has 0 radical (unpaired) electrons. The van der Waals surface area contributed by atoms with Gasteiger partial charge in [0.1, 0.15) is 0 Å². The zero-order valence-electron chi connectivity index (χ0n) is 14.8. The number of nitrogens with zero attached hydrogens (tertiary/aromatic N) is 1. The van der Waals surface area contributed by atoms with E-state index in [9.17, 15) is 14.4 Å². The van der Waals surface area contributed by atoms with Crippen molar-refractivity contribution in [2.24, 2.45) is 0 Å². The monoisotopic (exact) mass is 346 g/mol. The highest BCUT2D eigenvalue weighted by molar-refractivity contribution is 5.94. The number of amides is 2. The summed E-state index contributed by atoms with van der Waals surface area (Å²) in [5, 5.41) is 2.90. The van der Waals surface area contributed by atoms with Gasteiger partial charge in [-0.15, -0.1) is 0 Å². The van der Waals surface area contributed by atoms with Crippen LogP contribution in [0.4, 0.5) is 0 Å². The Kier molecular flexibility index (Phi) is 7.44. The third-order valence-electron chi connectivity index (χ3n) is 4.30. The average molecular weight is 346 g/mol. The highest BCUT2D eigenvalue weighted by Crippen LogP contribution is 2.15. The van der Waals surface area contributed by atoms with Gasteiger partial charge in [0.15, 0.2) is 0 Å². The first kappa shape index (κ1) is 19.0. The molecule has 1 aromatic carbocycles. The van der Waals surface area contributed by atoms with Gasteiger partial charge in [-0.1, -0.05) is 18.6 Å². The molecule has 6 nitrogen and oxygen atoms in total. The second kappa shape index (κ2) is 9.81. The molecule has 25 heavy (non-hydrogen) atoms. The predicted molar refractivity (Wildman–Crippen MR) is 93.9 cm³/mol. The van der Waals surface area contributed by atoms with Gasteiger partial charge in [-0.2, -0.15) is 0 Å². The summed E-state index contributed by atoms with van der Waals surface area (Å²) < 4.78 is 4.58. The van der Waals surface area contributed by atoms with Crippen LogP contribution in [-0.4, -0.2) is 42.9 Å². The van der Waals surface area contributed by atoms with E-state index in [1.165, 1.54) is 7.11 Å². The Morgan fingerprint density at radius 2 is 2.08 bits per heavy atom. The van der Waals surface area contributed by atoms with E-state index >= 15 is 0 Å². The van der Waals surface area contributed by atoms with E-state index in [4.69, 9.17) is 0 Å². The number of likely N-dealkylation sites (tertiary alicyclic amines) is 1. The van der Waals surface area contributed by atoms with Gasteiger partial charge >= 0.3 is 5.97 Å². The molecule has 1 aliphatic rings. The Bertz CT molecular complexity index is 615. The van der Waals surface area contributed by atoms with E-state index in [1.54, 1.807) is 6.07 Å². The first-order chi connectivity index (χ1) is 12.1. The third kappa shape index (κ3) is 6.21. The normalized spacial score (nSPS) is 13.8. The van der Waals surface area contributed by atoms with Crippen molar-refractivity contribution in [3.63, 3.8) is 0 Å². The van der Waals surface area contributed by atoms with E-state index in [1.807, 2.05) is 23.1 Å². The molecule has 0 bridgehead atoms. The van der Waals surface area contributed by atoms with Gasteiger partial charge in [-0.25, -0.2) is 0 Å². The molecule has 2 amide bonds. The van der Waals surface area contributed by atoms with Crippen LogP contribution in [-0.2, 0) is 20.9 Å². The molecule has 1 N–H and O–H groups in total. The fourth-order valence-electron chi connectivity index (χ4n) is 2.88. The van der Waals surface area contributed by atoms with Crippen molar-refractivity contribution < 1.29 is 19.1 Å². The van der Waals surface area contributed by atoms with Crippen LogP contribution in [0, 0.1) is 0 Å². The minimum absolute atomic E-state index is 0.109. The summed E-state index contributed by atoms with van der Waals surface area (Å²) in [6.45, 7) is 1.93. The van der Waals surface area contributed by atoms with Crippen molar-refractivity contribution in [3.8, 4) is 0 Å². The molecule has 136 valence electrons. The zero-order valence-corrected chi connectivity index (χ0v) is 14.8. The lowest BCUT2D eigenvalue weighted by Crippen LogP contribution is -2.26. The number of nitrogens with one attached hydrogen (secondary N) is 1. The minimum Gasteiger partial charge on any atom is -0.469 e. The molecule has 0 atom stereocenters. The van der Waals surface area contributed by atoms with Gasteiger partial charge in [0.25, 0.3) is 5.91 Å². The number of hydrogen-bond donors (Lipinski definition) is 1. The molecule has 1 saturated heterocycles. The van der Waals surface area contributed by atoms with Crippen LogP contribution in [0.25, 0.3) is 0 Å². The van der Waals surface area contributed by atoms with Gasteiger partial charge in [0.05, 0.1) is 7.11 Å². The molecule has 1 aliphatic heterocycles. The maximum Gasteiger partial charge on any atom is 0.305 e. The zero-order chi connectivity index (χ0) is 18.1. The highest BCUT2D eigenvalue weighted by Gasteiger charge is 2.20. The Morgan fingerprint density at radius 3 is 2.80 bits per heavy atom. The lowest BCUT2D eigenvalue weighted by molar-refractivity contribution is -0.140. The van der Waals surface area contributed by atoms with E-state index in [0.29, 0.717) is 31.5 Å². The molecule has 1 aromatic rings. The molecular weight excluding hydrogens is 320 g/mol. The van der Waals surface area contributed by atoms with Crippen LogP contribution in [0.5, 0.6) is 0 Å². The second-order valence-corrected chi connectivity index (χ2v) is 6.26. The summed E-state index contributed by atoms with van der Waals surface area (Å²) in [6, 6.07) is 7.41. The maximum absolute atomic E-state index is 12.2. The lowest BCUT2D eigenvalue weighted by Gasteiger charge is -2.16. The van der Waals surface area contributed by atoms with Gasteiger partial charge < -0.3 is 15.0 Å². The first-order valence-electron chi connectivity index (χ1n) is 8.82. The Balaban J connectivity index is 1.73. The predicted octanol–water partition coefficient (Wildman–Crippen LogP) is 2.27. The maximum atomic E-state index is 12.2. The molecule has 6 heteroatoms. The summed E-state index contributed by atoms with van der Waals surface area (Å²) in [7, 11) is 1.39. The molecule has 0 saturated carbocycles.